The molecule has 3 aromatic rings. The predicted molar refractivity (Wildman–Crippen MR) is 93.5 cm³/mol. The Hall–Kier alpha value is -3.83. The summed E-state index contributed by atoms with van der Waals surface area (Å²) in [6.45, 7) is -1.05. The first-order valence-electron chi connectivity index (χ1n) is 8.26. The summed E-state index contributed by atoms with van der Waals surface area (Å²) in [5, 5.41) is 14.1. The maximum absolute atomic E-state index is 12.3. The van der Waals surface area contributed by atoms with E-state index in [1.807, 2.05) is 0 Å². The monoisotopic (exact) mass is 406 g/mol. The molecule has 0 saturated carbocycles. The van der Waals surface area contributed by atoms with Gasteiger partial charge in [-0.3, -0.25) is 14.6 Å². The molecule has 0 fully saturated rings. The molecule has 29 heavy (non-hydrogen) atoms. The van der Waals surface area contributed by atoms with Crippen molar-refractivity contribution in [2.45, 2.75) is 12.7 Å². The second-order valence-electron chi connectivity index (χ2n) is 5.99. The number of halogens is 3. The first-order valence-corrected chi connectivity index (χ1v) is 8.26. The van der Waals surface area contributed by atoms with Gasteiger partial charge in [-0.05, 0) is 30.3 Å². The number of ether oxygens (including phenoxy) is 2. The summed E-state index contributed by atoms with van der Waals surface area (Å²) in [5.74, 6) is 0.649. The molecule has 0 atom stereocenters. The number of hydrazone groups is 1. The number of fused-ring (bicyclic) bond motifs is 1. The highest BCUT2D eigenvalue weighted by atomic mass is 19.4. The van der Waals surface area contributed by atoms with E-state index >= 15 is 0 Å². The number of amides is 1. The number of aromatic amines is 1. The van der Waals surface area contributed by atoms with Crippen LogP contribution in [0.5, 0.6) is 11.5 Å². The van der Waals surface area contributed by atoms with Crippen molar-refractivity contribution in [1.29, 1.82) is 0 Å². The van der Waals surface area contributed by atoms with Crippen LogP contribution in [0.25, 0.3) is 11.3 Å². The van der Waals surface area contributed by atoms with Crippen LogP contribution in [0.2, 0.25) is 0 Å². The maximum Gasteiger partial charge on any atom is 0.408 e. The van der Waals surface area contributed by atoms with Gasteiger partial charge in [0, 0.05) is 11.8 Å². The van der Waals surface area contributed by atoms with Crippen LogP contribution in [-0.4, -0.2) is 45.1 Å². The molecule has 0 unspecified atom stereocenters. The lowest BCUT2D eigenvalue weighted by Crippen LogP contribution is -2.19. The second kappa shape index (κ2) is 7.30. The molecule has 4 rings (SSSR count). The van der Waals surface area contributed by atoms with Crippen molar-refractivity contribution in [3.63, 3.8) is 0 Å². The van der Waals surface area contributed by atoms with Crippen molar-refractivity contribution in [1.82, 2.24) is 25.4 Å². The largest absolute Gasteiger partial charge is 0.454 e. The minimum Gasteiger partial charge on any atom is -0.454 e. The standard InChI is InChI=1S/C17H13F3N6O3/c18-17(19,20)8-26-4-3-11(25-26)7-21-24-16(27)13-6-12(22-23-13)10-1-2-14-15(5-10)29-9-28-14/h1-7H,8-9H2,(H,22,23)(H,24,27)/b21-7+. The van der Waals surface area contributed by atoms with E-state index in [0.29, 0.717) is 17.2 Å². The van der Waals surface area contributed by atoms with E-state index < -0.39 is 18.6 Å². The van der Waals surface area contributed by atoms with Gasteiger partial charge in [0.15, 0.2) is 11.5 Å². The number of aromatic nitrogens is 4. The Bertz CT molecular complexity index is 1070. The van der Waals surface area contributed by atoms with Crippen LogP contribution < -0.4 is 14.9 Å². The SMILES string of the molecule is O=C(N/N=C/c1ccn(CC(F)(F)F)n1)c1cc(-c2ccc3c(c2)OCO3)n[nH]1. The van der Waals surface area contributed by atoms with Crippen LogP contribution in [0, 0.1) is 0 Å². The first-order chi connectivity index (χ1) is 13.9. The number of carbonyl (C=O) groups is 1. The number of nitrogens with zero attached hydrogens (tertiary/aromatic N) is 4. The fourth-order valence-electron chi connectivity index (χ4n) is 2.58. The van der Waals surface area contributed by atoms with Gasteiger partial charge in [-0.1, -0.05) is 0 Å². The van der Waals surface area contributed by atoms with Crippen LogP contribution in [0.3, 0.4) is 0 Å². The van der Waals surface area contributed by atoms with E-state index in [-0.39, 0.29) is 18.2 Å². The van der Waals surface area contributed by atoms with Crippen molar-refractivity contribution in [2.24, 2.45) is 5.10 Å². The molecule has 1 aliphatic heterocycles. The number of hydrogen-bond acceptors (Lipinski definition) is 6. The third kappa shape index (κ3) is 4.36. The van der Waals surface area contributed by atoms with Crippen molar-refractivity contribution in [2.75, 3.05) is 6.79 Å². The molecule has 0 radical (unpaired) electrons. The number of rotatable bonds is 5. The van der Waals surface area contributed by atoms with Crippen molar-refractivity contribution >= 4 is 12.1 Å². The summed E-state index contributed by atoms with van der Waals surface area (Å²) in [4.78, 5) is 12.1. The first kappa shape index (κ1) is 18.5. The fourth-order valence-corrected chi connectivity index (χ4v) is 2.58. The molecule has 2 aromatic heterocycles. The van der Waals surface area contributed by atoms with Gasteiger partial charge in [0.25, 0.3) is 5.91 Å². The minimum absolute atomic E-state index is 0.150. The van der Waals surface area contributed by atoms with Gasteiger partial charge >= 0.3 is 6.18 Å². The maximum atomic E-state index is 12.3. The molecule has 12 heteroatoms. The summed E-state index contributed by atoms with van der Waals surface area (Å²) in [6.07, 6.45) is -2.06. The van der Waals surface area contributed by atoms with Gasteiger partial charge in [-0.2, -0.15) is 28.5 Å². The third-order valence-electron chi connectivity index (χ3n) is 3.86. The van der Waals surface area contributed by atoms with Gasteiger partial charge in [-0.15, -0.1) is 0 Å². The van der Waals surface area contributed by atoms with E-state index in [9.17, 15) is 18.0 Å². The van der Waals surface area contributed by atoms with Crippen LogP contribution in [0.4, 0.5) is 13.2 Å². The van der Waals surface area contributed by atoms with E-state index in [4.69, 9.17) is 9.47 Å². The summed E-state index contributed by atoms with van der Waals surface area (Å²) in [5.41, 5.74) is 3.81. The van der Waals surface area contributed by atoms with Crippen LogP contribution in [-0.2, 0) is 6.54 Å². The van der Waals surface area contributed by atoms with Gasteiger partial charge < -0.3 is 9.47 Å². The Labute approximate surface area is 161 Å². The number of carbonyl (C=O) groups excluding carboxylic acids is 1. The normalized spacial score (nSPS) is 13.2. The lowest BCUT2D eigenvalue weighted by molar-refractivity contribution is -0.142. The van der Waals surface area contributed by atoms with Crippen molar-refractivity contribution < 1.29 is 27.4 Å². The lowest BCUT2D eigenvalue weighted by Gasteiger charge is -2.04. The van der Waals surface area contributed by atoms with Gasteiger partial charge in [-0.25, -0.2) is 5.43 Å². The Balaban J connectivity index is 1.38. The van der Waals surface area contributed by atoms with Crippen molar-refractivity contribution in [3.05, 3.63) is 47.9 Å². The highest BCUT2D eigenvalue weighted by Gasteiger charge is 2.28. The third-order valence-corrected chi connectivity index (χ3v) is 3.86. The molecular weight excluding hydrogens is 393 g/mol. The zero-order valence-corrected chi connectivity index (χ0v) is 14.6. The number of alkyl halides is 3. The average Bonchev–Trinajstić information content (AvgIpc) is 3.40. The zero-order valence-electron chi connectivity index (χ0n) is 14.6. The Morgan fingerprint density at radius 1 is 1.28 bits per heavy atom. The smallest absolute Gasteiger partial charge is 0.408 e. The van der Waals surface area contributed by atoms with Gasteiger partial charge in [0.2, 0.25) is 6.79 Å². The van der Waals surface area contributed by atoms with Crippen LogP contribution in [0.15, 0.2) is 41.6 Å². The van der Waals surface area contributed by atoms with Gasteiger partial charge in [0.05, 0.1) is 11.9 Å². The molecule has 0 spiro atoms. The highest BCUT2D eigenvalue weighted by molar-refractivity contribution is 5.94. The molecule has 0 aliphatic carbocycles. The highest BCUT2D eigenvalue weighted by Crippen LogP contribution is 2.35. The summed E-state index contributed by atoms with van der Waals surface area (Å²) < 4.78 is 48.2. The Morgan fingerprint density at radius 3 is 2.93 bits per heavy atom. The number of hydrogen-bond donors (Lipinski definition) is 2. The molecule has 9 nitrogen and oxygen atoms in total. The van der Waals surface area contributed by atoms with E-state index in [0.717, 1.165) is 16.5 Å². The van der Waals surface area contributed by atoms with Gasteiger partial charge in [0.1, 0.15) is 17.9 Å². The number of benzene rings is 1. The summed E-state index contributed by atoms with van der Waals surface area (Å²) >= 11 is 0. The Kier molecular flexibility index (Phi) is 4.66. The summed E-state index contributed by atoms with van der Waals surface area (Å²) in [7, 11) is 0. The van der Waals surface area contributed by atoms with Crippen molar-refractivity contribution in [3.8, 4) is 22.8 Å². The predicted octanol–water partition coefficient (Wildman–Crippen LogP) is 2.33. The van der Waals surface area contributed by atoms with E-state index in [1.54, 1.807) is 18.2 Å². The molecule has 1 aliphatic rings. The molecule has 0 bridgehead atoms. The second-order valence-corrected chi connectivity index (χ2v) is 5.99. The van der Waals surface area contributed by atoms with E-state index in [2.05, 4.69) is 25.8 Å². The topological polar surface area (TPSA) is 106 Å². The molecule has 2 N–H and O–H groups in total. The fraction of sp³-hybridized carbons (Fsp3) is 0.176. The summed E-state index contributed by atoms with van der Waals surface area (Å²) in [6, 6.07) is 8.14. The zero-order chi connectivity index (χ0) is 20.4. The quantitative estimate of drug-likeness (QED) is 0.500. The van der Waals surface area contributed by atoms with Crippen LogP contribution >= 0.6 is 0 Å². The van der Waals surface area contributed by atoms with E-state index in [1.165, 1.54) is 18.3 Å². The molecule has 150 valence electrons. The molecule has 1 aromatic carbocycles. The molecule has 1 amide bonds. The number of H-pyrrole nitrogens is 1. The minimum atomic E-state index is -4.37. The van der Waals surface area contributed by atoms with Crippen LogP contribution in [0.1, 0.15) is 16.2 Å². The molecule has 0 saturated heterocycles. The average molecular weight is 406 g/mol. The number of nitrogens with one attached hydrogen (secondary N) is 2. The molecular formula is C17H13F3N6O3. The molecule has 3 heterocycles. The Morgan fingerprint density at radius 2 is 2.10 bits per heavy atom. The lowest BCUT2D eigenvalue weighted by atomic mass is 10.1.